The average molecular weight is 878 g/mol. The van der Waals surface area contributed by atoms with Crippen LogP contribution in [0.4, 0.5) is 30.7 Å². The van der Waals surface area contributed by atoms with Crippen molar-refractivity contribution in [3.8, 4) is 12.0 Å². The molecule has 2 aliphatic carbocycles. The smallest absolute Gasteiger partial charge is 0.391 e. The SMILES string of the molecule is Cn1c(OCC2CCC(C(F)(F)F)CC2)nn2c(C3(O)CCOCC3)ncc2c1=O.Cn1c(OCC2CCC(C(F)(F)F)CC2)nn2c(C3=CCOCC3)ncc2c1=O.[2H]CF. The van der Waals surface area contributed by atoms with E-state index < -0.39 is 36.9 Å². The fraction of sp³-hybridized carbons (Fsp3) is 0.692. The molecule has 3 fully saturated rings. The number of alkyl halides is 7. The van der Waals surface area contributed by atoms with Crippen molar-refractivity contribution in [1.82, 2.24) is 38.3 Å². The lowest BCUT2D eigenvalue weighted by Gasteiger charge is -2.30. The average Bonchev–Trinajstić information content (AvgIpc) is 3.89. The Balaban J connectivity index is 0.000000195. The molecule has 61 heavy (non-hydrogen) atoms. The normalized spacial score (nSPS) is 23.6. The van der Waals surface area contributed by atoms with E-state index in [2.05, 4.69) is 20.2 Å². The monoisotopic (exact) mass is 877 g/mol. The molecule has 4 aliphatic rings. The summed E-state index contributed by atoms with van der Waals surface area (Å²) in [6.07, 6.45) is -0.0228. The third kappa shape index (κ3) is 10.4. The zero-order valence-corrected chi connectivity index (χ0v) is 33.9. The number of rotatable bonds is 8. The summed E-state index contributed by atoms with van der Waals surface area (Å²) in [5, 5.41) is 19.8. The van der Waals surface area contributed by atoms with Crippen LogP contribution in [0.2, 0.25) is 0 Å². The van der Waals surface area contributed by atoms with Gasteiger partial charge in [-0.15, -0.1) is 10.2 Å². The molecule has 6 heterocycles. The predicted molar refractivity (Wildman–Crippen MR) is 205 cm³/mol. The summed E-state index contributed by atoms with van der Waals surface area (Å²) in [7, 11) is 2.08. The number of aromatic nitrogens is 8. The Hall–Kier alpha value is -4.57. The summed E-state index contributed by atoms with van der Waals surface area (Å²) in [6.45, 7) is 2.23. The van der Waals surface area contributed by atoms with Gasteiger partial charge >= 0.3 is 24.4 Å². The highest BCUT2D eigenvalue weighted by Gasteiger charge is 2.43. The standard InChI is InChI=1S/C19H25F3N4O4.C19H23F3N4O3.CH3F/c1-25-15(27)14-10-23-16(18(28)6-8-29-9-7-18)26(14)24-17(25)30-11-12-2-4-13(5-3-12)19(20,21)22;1-25-17(27)15-10-23-16(13-6-8-28-9-7-13)26(15)24-18(25)29-11-12-2-4-14(5-3-12)19(20,21)22;1-2/h10,12-13,28H,2-9,11H2,1H3;6,10,12,14H,2-5,7-9,11H2,1H3;1H3/i;;1D. The van der Waals surface area contributed by atoms with E-state index in [1.165, 1.54) is 37.6 Å². The van der Waals surface area contributed by atoms with Crippen molar-refractivity contribution in [2.45, 2.75) is 88.6 Å². The van der Waals surface area contributed by atoms with E-state index in [0.717, 1.165) is 5.57 Å². The molecule has 8 rings (SSSR count). The second-order valence-electron chi connectivity index (χ2n) is 15.9. The van der Waals surface area contributed by atoms with Crippen molar-refractivity contribution in [2.75, 3.05) is 46.8 Å². The molecule has 15 nitrogen and oxygen atoms in total. The topological polar surface area (TPSA) is 162 Å². The molecule has 22 heteroatoms. The molecule has 0 spiro atoms. The first-order valence-electron chi connectivity index (χ1n) is 20.9. The Morgan fingerprint density at radius 3 is 1.72 bits per heavy atom. The Labute approximate surface area is 346 Å². The van der Waals surface area contributed by atoms with Gasteiger partial charge in [0, 0.05) is 40.2 Å². The molecule has 0 amide bonds. The quantitative estimate of drug-likeness (QED) is 0.215. The molecule has 1 saturated heterocycles. The minimum absolute atomic E-state index is 0.0154. The molecule has 2 saturated carbocycles. The van der Waals surface area contributed by atoms with Crippen molar-refractivity contribution in [2.24, 2.45) is 37.8 Å². The Morgan fingerprint density at radius 1 is 0.770 bits per heavy atom. The molecule has 2 aliphatic heterocycles. The number of nitrogens with zero attached hydrogens (tertiary/aromatic N) is 8. The van der Waals surface area contributed by atoms with Crippen molar-refractivity contribution >= 4 is 16.6 Å². The zero-order chi connectivity index (χ0) is 44.8. The van der Waals surface area contributed by atoms with Crippen LogP contribution in [0.25, 0.3) is 16.6 Å². The molecule has 4 aromatic heterocycles. The van der Waals surface area contributed by atoms with Crippen molar-refractivity contribution in [3.05, 3.63) is 50.8 Å². The summed E-state index contributed by atoms with van der Waals surface area (Å²) in [5.74, 6) is -1.65. The van der Waals surface area contributed by atoms with E-state index in [1.807, 2.05) is 6.08 Å². The molecule has 0 radical (unpaired) electrons. The maximum Gasteiger partial charge on any atom is 0.391 e. The van der Waals surface area contributed by atoms with Crippen LogP contribution in [0, 0.1) is 23.7 Å². The number of aliphatic hydroxyl groups is 1. The highest BCUT2D eigenvalue weighted by molar-refractivity contribution is 5.64. The number of ether oxygens (including phenoxy) is 4. The van der Waals surface area contributed by atoms with Gasteiger partial charge in [0.25, 0.3) is 11.1 Å². The van der Waals surface area contributed by atoms with Gasteiger partial charge in [0.2, 0.25) is 0 Å². The molecule has 0 aromatic carbocycles. The first kappa shape index (κ1) is 44.5. The minimum atomic E-state index is -4.15. The van der Waals surface area contributed by atoms with Gasteiger partial charge in [0.15, 0.2) is 22.7 Å². The van der Waals surface area contributed by atoms with Crippen LogP contribution < -0.4 is 20.6 Å². The third-order valence-corrected chi connectivity index (χ3v) is 12.0. The first-order chi connectivity index (χ1) is 29.4. The third-order valence-electron chi connectivity index (χ3n) is 12.0. The van der Waals surface area contributed by atoms with Crippen molar-refractivity contribution in [3.63, 3.8) is 0 Å². The number of hydrogen-bond donors (Lipinski definition) is 1. The lowest BCUT2D eigenvalue weighted by atomic mass is 9.82. The molecular formula is C39H51F7N8O7. The van der Waals surface area contributed by atoms with Crippen LogP contribution in [-0.4, -0.2) is 103 Å². The van der Waals surface area contributed by atoms with Gasteiger partial charge < -0.3 is 24.1 Å². The van der Waals surface area contributed by atoms with Crippen LogP contribution in [0.1, 0.15) is 83.6 Å². The van der Waals surface area contributed by atoms with Crippen LogP contribution in [-0.2, 0) is 29.2 Å². The summed E-state index contributed by atoms with van der Waals surface area (Å²) in [5.41, 5.74) is -0.415. The summed E-state index contributed by atoms with van der Waals surface area (Å²) in [4.78, 5) is 33.9. The van der Waals surface area contributed by atoms with E-state index in [-0.39, 0.29) is 85.2 Å². The van der Waals surface area contributed by atoms with Gasteiger partial charge in [-0.2, -0.15) is 26.3 Å². The lowest BCUT2D eigenvalue weighted by Crippen LogP contribution is -2.36. The molecular weight excluding hydrogens is 825 g/mol. The first-order valence-corrected chi connectivity index (χ1v) is 20.2. The number of fused-ring (bicyclic) bond motifs is 2. The largest absolute Gasteiger partial charge is 0.463 e. The zero-order valence-electron chi connectivity index (χ0n) is 34.9. The Kier molecular flexibility index (Phi) is 14.0. The minimum Gasteiger partial charge on any atom is -0.463 e. The van der Waals surface area contributed by atoms with Crippen molar-refractivity contribution in [1.29, 1.82) is 0 Å². The second-order valence-corrected chi connectivity index (χ2v) is 15.9. The van der Waals surface area contributed by atoms with Crippen LogP contribution in [0.3, 0.4) is 0 Å². The van der Waals surface area contributed by atoms with Crippen molar-refractivity contribution < 1.29 is 56.2 Å². The Morgan fingerprint density at radius 2 is 1.25 bits per heavy atom. The fourth-order valence-corrected chi connectivity index (χ4v) is 8.16. The van der Waals surface area contributed by atoms with E-state index in [0.29, 0.717) is 82.7 Å². The van der Waals surface area contributed by atoms with Gasteiger partial charge in [0.05, 0.1) is 59.2 Å². The maximum atomic E-state index is 12.8. The van der Waals surface area contributed by atoms with Gasteiger partial charge in [0.1, 0.15) is 5.60 Å². The molecule has 338 valence electrons. The van der Waals surface area contributed by atoms with E-state index in [4.69, 9.17) is 20.3 Å². The van der Waals surface area contributed by atoms with Gasteiger partial charge in [-0.1, -0.05) is 6.08 Å². The second kappa shape index (κ2) is 19.2. The van der Waals surface area contributed by atoms with Crippen LogP contribution in [0.5, 0.6) is 12.0 Å². The predicted octanol–water partition coefficient (Wildman–Crippen LogP) is 5.74. The lowest BCUT2D eigenvalue weighted by molar-refractivity contribution is -0.185. The van der Waals surface area contributed by atoms with Crippen LogP contribution >= 0.6 is 0 Å². The number of halogens is 7. The van der Waals surface area contributed by atoms with E-state index >= 15 is 0 Å². The maximum absolute atomic E-state index is 12.8. The number of hydrogen-bond acceptors (Lipinski definition) is 11. The van der Waals surface area contributed by atoms with E-state index in [9.17, 15) is 45.4 Å². The molecule has 0 atom stereocenters. The molecule has 0 bridgehead atoms. The summed E-state index contributed by atoms with van der Waals surface area (Å²) >= 11 is 0. The van der Waals surface area contributed by atoms with E-state index in [1.54, 1.807) is 7.05 Å². The van der Waals surface area contributed by atoms with Crippen LogP contribution in [0.15, 0.2) is 28.1 Å². The van der Waals surface area contributed by atoms with Gasteiger partial charge in [-0.25, -0.2) is 19.0 Å². The summed E-state index contributed by atoms with van der Waals surface area (Å²) < 4.78 is 120. The highest BCUT2D eigenvalue weighted by Crippen LogP contribution is 2.41. The number of imidazole rings is 2. The van der Waals surface area contributed by atoms with Gasteiger partial charge in [-0.05, 0) is 75.2 Å². The molecule has 1 N–H and O–H groups in total. The summed E-state index contributed by atoms with van der Waals surface area (Å²) in [6, 6.07) is 0.174. The highest BCUT2D eigenvalue weighted by atomic mass is 19.4. The fourth-order valence-electron chi connectivity index (χ4n) is 8.16. The Bertz CT molecular complexity index is 2270. The van der Waals surface area contributed by atoms with Gasteiger partial charge in [-0.3, -0.25) is 23.1 Å². The molecule has 4 aromatic rings. The molecule has 0 unspecified atom stereocenters.